The second-order valence-corrected chi connectivity index (χ2v) is 8.55. The standard InChI is InChI=1S/C25H21ClFN3O3/c26-18-7-3-5-16(11-18)12-19-14-28-24(32-19)17-6-4-10-30(15-17)25(31)23-13-22(29-33-23)20-8-1-2-9-21(20)27/h1-3,5,7-9,11,13-14,17H,4,6,10,12,15H2/t17-/m1/s1. The Hall–Kier alpha value is -3.45. The third-order valence-electron chi connectivity index (χ3n) is 5.77. The molecule has 0 unspecified atom stereocenters. The second kappa shape index (κ2) is 9.19. The van der Waals surface area contributed by atoms with Crippen LogP contribution in [0.2, 0.25) is 5.02 Å². The number of halogens is 2. The van der Waals surface area contributed by atoms with Gasteiger partial charge in [-0.3, -0.25) is 4.79 Å². The van der Waals surface area contributed by atoms with Gasteiger partial charge in [-0.25, -0.2) is 9.37 Å². The van der Waals surface area contributed by atoms with E-state index >= 15 is 0 Å². The molecule has 0 saturated carbocycles. The molecule has 1 amide bonds. The summed E-state index contributed by atoms with van der Waals surface area (Å²) in [5.74, 6) is 0.753. The van der Waals surface area contributed by atoms with Gasteiger partial charge in [0.1, 0.15) is 17.3 Å². The minimum absolute atomic E-state index is 0.00947. The molecule has 1 atom stereocenters. The van der Waals surface area contributed by atoms with E-state index < -0.39 is 5.82 Å². The molecule has 0 spiro atoms. The SMILES string of the molecule is O=C(c1cc(-c2ccccc2F)no1)N1CCC[C@@H](c2ncc(Cc3cccc(Cl)c3)o2)C1. The van der Waals surface area contributed by atoms with E-state index in [0.29, 0.717) is 41.7 Å². The molecule has 33 heavy (non-hydrogen) atoms. The summed E-state index contributed by atoms with van der Waals surface area (Å²) in [5.41, 5.74) is 1.63. The van der Waals surface area contributed by atoms with Crippen molar-refractivity contribution >= 4 is 17.5 Å². The van der Waals surface area contributed by atoms with E-state index in [2.05, 4.69) is 10.1 Å². The molecule has 1 aliphatic rings. The van der Waals surface area contributed by atoms with Gasteiger partial charge in [-0.15, -0.1) is 0 Å². The van der Waals surface area contributed by atoms with Crippen molar-refractivity contribution in [2.75, 3.05) is 13.1 Å². The zero-order valence-corrected chi connectivity index (χ0v) is 18.5. The fourth-order valence-electron chi connectivity index (χ4n) is 4.13. The number of carbonyl (C=O) groups excluding carboxylic acids is 1. The molecule has 1 saturated heterocycles. The molecule has 1 aliphatic heterocycles. The average Bonchev–Trinajstić information content (AvgIpc) is 3.49. The normalized spacial score (nSPS) is 16.2. The summed E-state index contributed by atoms with van der Waals surface area (Å²) in [6, 6.07) is 15.4. The Labute approximate surface area is 195 Å². The predicted octanol–water partition coefficient (Wildman–Crippen LogP) is 5.73. The van der Waals surface area contributed by atoms with Crippen molar-refractivity contribution in [1.29, 1.82) is 0 Å². The Bertz CT molecular complexity index is 1290. The Morgan fingerprint density at radius 1 is 1.18 bits per heavy atom. The summed E-state index contributed by atoms with van der Waals surface area (Å²) in [6.07, 6.45) is 4.02. The Balaban J connectivity index is 1.27. The van der Waals surface area contributed by atoms with Gasteiger partial charge in [0.15, 0.2) is 5.89 Å². The summed E-state index contributed by atoms with van der Waals surface area (Å²) in [5, 5.41) is 4.57. The van der Waals surface area contributed by atoms with Gasteiger partial charge in [0, 0.05) is 36.2 Å². The first-order valence-corrected chi connectivity index (χ1v) is 11.1. The first kappa shape index (κ1) is 21.4. The van der Waals surface area contributed by atoms with E-state index in [9.17, 15) is 9.18 Å². The van der Waals surface area contributed by atoms with Crippen LogP contribution >= 0.6 is 11.6 Å². The highest BCUT2D eigenvalue weighted by Gasteiger charge is 2.30. The van der Waals surface area contributed by atoms with Crippen LogP contribution in [0.15, 0.2) is 69.7 Å². The molecule has 0 bridgehead atoms. The molecule has 4 aromatic rings. The zero-order valence-electron chi connectivity index (χ0n) is 17.7. The lowest BCUT2D eigenvalue weighted by atomic mass is 9.97. The highest BCUT2D eigenvalue weighted by atomic mass is 35.5. The number of hydrogen-bond donors (Lipinski definition) is 0. The van der Waals surface area contributed by atoms with Gasteiger partial charge in [0.05, 0.1) is 12.1 Å². The fourth-order valence-corrected chi connectivity index (χ4v) is 4.34. The monoisotopic (exact) mass is 465 g/mol. The number of amides is 1. The number of piperidine rings is 1. The van der Waals surface area contributed by atoms with Gasteiger partial charge in [0.2, 0.25) is 5.76 Å². The lowest BCUT2D eigenvalue weighted by Gasteiger charge is -2.30. The van der Waals surface area contributed by atoms with E-state index in [1.807, 2.05) is 24.3 Å². The summed E-state index contributed by atoms with van der Waals surface area (Å²) in [6.45, 7) is 1.06. The molecular weight excluding hydrogens is 445 g/mol. The number of benzene rings is 2. The molecule has 2 aromatic heterocycles. The number of aromatic nitrogens is 2. The molecule has 1 fully saturated rings. The van der Waals surface area contributed by atoms with Crippen LogP contribution in [-0.4, -0.2) is 34.0 Å². The highest BCUT2D eigenvalue weighted by molar-refractivity contribution is 6.30. The van der Waals surface area contributed by atoms with Crippen molar-refractivity contribution in [2.24, 2.45) is 0 Å². The molecular formula is C25H21ClFN3O3. The first-order valence-electron chi connectivity index (χ1n) is 10.8. The summed E-state index contributed by atoms with van der Waals surface area (Å²) in [4.78, 5) is 19.2. The van der Waals surface area contributed by atoms with Crippen molar-refractivity contribution < 1.29 is 18.1 Å². The van der Waals surface area contributed by atoms with Crippen molar-refractivity contribution in [3.63, 3.8) is 0 Å². The van der Waals surface area contributed by atoms with Crippen LogP contribution in [0.25, 0.3) is 11.3 Å². The second-order valence-electron chi connectivity index (χ2n) is 8.12. The van der Waals surface area contributed by atoms with E-state index in [1.165, 1.54) is 12.1 Å². The van der Waals surface area contributed by atoms with Crippen molar-refractivity contribution in [3.8, 4) is 11.3 Å². The maximum atomic E-state index is 14.0. The topological polar surface area (TPSA) is 72.4 Å². The van der Waals surface area contributed by atoms with Gasteiger partial charge >= 0.3 is 0 Å². The summed E-state index contributed by atoms with van der Waals surface area (Å²) < 4.78 is 25.3. The molecule has 5 rings (SSSR count). The molecule has 8 heteroatoms. The number of hydrogen-bond acceptors (Lipinski definition) is 5. The number of carbonyl (C=O) groups is 1. The number of likely N-dealkylation sites (tertiary alicyclic amines) is 1. The third kappa shape index (κ3) is 4.68. The van der Waals surface area contributed by atoms with Crippen LogP contribution in [0, 0.1) is 5.82 Å². The molecule has 6 nitrogen and oxygen atoms in total. The zero-order chi connectivity index (χ0) is 22.8. The van der Waals surface area contributed by atoms with Gasteiger partial charge in [-0.05, 0) is 42.7 Å². The Morgan fingerprint density at radius 2 is 2.06 bits per heavy atom. The van der Waals surface area contributed by atoms with E-state index in [0.717, 1.165) is 24.2 Å². The van der Waals surface area contributed by atoms with Crippen molar-refractivity contribution in [3.05, 3.63) is 94.6 Å². The van der Waals surface area contributed by atoms with Crippen molar-refractivity contribution in [1.82, 2.24) is 15.0 Å². The van der Waals surface area contributed by atoms with Crippen LogP contribution in [0.1, 0.15) is 46.5 Å². The molecule has 0 aliphatic carbocycles. The van der Waals surface area contributed by atoms with Crippen LogP contribution in [0.3, 0.4) is 0 Å². The summed E-state index contributed by atoms with van der Waals surface area (Å²) in [7, 11) is 0. The van der Waals surface area contributed by atoms with Crippen molar-refractivity contribution in [2.45, 2.75) is 25.2 Å². The highest BCUT2D eigenvalue weighted by Crippen LogP contribution is 2.29. The Morgan fingerprint density at radius 3 is 2.91 bits per heavy atom. The number of rotatable bonds is 5. The smallest absolute Gasteiger partial charge is 0.292 e. The van der Waals surface area contributed by atoms with E-state index in [1.54, 1.807) is 29.3 Å². The lowest BCUT2D eigenvalue weighted by molar-refractivity contribution is 0.0656. The minimum atomic E-state index is -0.416. The van der Waals surface area contributed by atoms with Crippen LogP contribution in [0.5, 0.6) is 0 Å². The molecule has 2 aromatic carbocycles. The molecule has 0 radical (unpaired) electrons. The largest absolute Gasteiger partial charge is 0.445 e. The first-order chi connectivity index (χ1) is 16.1. The molecule has 168 valence electrons. The van der Waals surface area contributed by atoms with Gasteiger partial charge in [0.25, 0.3) is 5.91 Å². The van der Waals surface area contributed by atoms with Crippen LogP contribution < -0.4 is 0 Å². The third-order valence-corrected chi connectivity index (χ3v) is 6.00. The fraction of sp³-hybridized carbons (Fsp3) is 0.240. The number of oxazole rings is 1. The lowest BCUT2D eigenvalue weighted by Crippen LogP contribution is -2.39. The predicted molar refractivity (Wildman–Crippen MR) is 121 cm³/mol. The maximum absolute atomic E-state index is 14.0. The maximum Gasteiger partial charge on any atom is 0.292 e. The van der Waals surface area contributed by atoms with Crippen LogP contribution in [0.4, 0.5) is 4.39 Å². The van der Waals surface area contributed by atoms with Gasteiger partial charge in [-0.2, -0.15) is 0 Å². The quantitative estimate of drug-likeness (QED) is 0.376. The van der Waals surface area contributed by atoms with E-state index in [4.69, 9.17) is 20.5 Å². The number of nitrogens with zero attached hydrogens (tertiary/aromatic N) is 3. The average molecular weight is 466 g/mol. The molecule has 3 heterocycles. The summed E-state index contributed by atoms with van der Waals surface area (Å²) >= 11 is 6.06. The Kier molecular flexibility index (Phi) is 5.96. The van der Waals surface area contributed by atoms with E-state index in [-0.39, 0.29) is 17.6 Å². The van der Waals surface area contributed by atoms with Gasteiger partial charge in [-0.1, -0.05) is 41.0 Å². The van der Waals surface area contributed by atoms with Crippen LogP contribution in [-0.2, 0) is 6.42 Å². The minimum Gasteiger partial charge on any atom is -0.445 e. The molecule has 0 N–H and O–H groups in total. The van der Waals surface area contributed by atoms with Gasteiger partial charge < -0.3 is 13.8 Å².